The van der Waals surface area contributed by atoms with Crippen molar-refractivity contribution >= 4 is 21.5 Å². The fourth-order valence-corrected chi connectivity index (χ4v) is 4.17. The van der Waals surface area contributed by atoms with Crippen LogP contribution >= 0.6 is 0 Å². The fraction of sp³-hybridized carbons (Fsp3) is 0.375. The third-order valence-electron chi connectivity index (χ3n) is 4.14. The molecule has 1 aromatic carbocycles. The number of hydrogen-bond donors (Lipinski definition) is 0. The Labute approximate surface area is 156 Å². The number of nitro benzene ring substituents is 1. The standard InChI is InChI=1S/C16H19N5O5S/c1-19(2)15-9-17-10-16(18-15)26-13-7-8-20(11-13)27(24,25)14-5-3-12(4-6-14)21(22)23/h3-6,9-10,13H,7-8,11H2,1-2H3. The normalized spacial score (nSPS) is 17.6. The maximum Gasteiger partial charge on any atom is 0.269 e. The quantitative estimate of drug-likeness (QED) is 0.532. The van der Waals surface area contributed by atoms with Crippen molar-refractivity contribution in [1.82, 2.24) is 14.3 Å². The van der Waals surface area contributed by atoms with Crippen molar-refractivity contribution < 1.29 is 18.1 Å². The Bertz CT molecular complexity index is 932. The van der Waals surface area contributed by atoms with Gasteiger partial charge in [0.25, 0.3) is 5.69 Å². The van der Waals surface area contributed by atoms with E-state index in [4.69, 9.17) is 4.74 Å². The Morgan fingerprint density at radius 2 is 1.96 bits per heavy atom. The van der Waals surface area contributed by atoms with Gasteiger partial charge in [0, 0.05) is 32.8 Å². The topological polar surface area (TPSA) is 119 Å². The highest BCUT2D eigenvalue weighted by molar-refractivity contribution is 7.89. The average Bonchev–Trinajstić information content (AvgIpc) is 3.11. The minimum absolute atomic E-state index is 0.0168. The number of hydrogen-bond acceptors (Lipinski definition) is 8. The monoisotopic (exact) mass is 393 g/mol. The maximum atomic E-state index is 12.7. The van der Waals surface area contributed by atoms with Crippen LogP contribution in [-0.2, 0) is 10.0 Å². The van der Waals surface area contributed by atoms with Gasteiger partial charge in [0.1, 0.15) is 6.10 Å². The summed E-state index contributed by atoms with van der Waals surface area (Å²) < 4.78 is 32.5. The predicted molar refractivity (Wildman–Crippen MR) is 97.2 cm³/mol. The van der Waals surface area contributed by atoms with E-state index in [0.717, 1.165) is 0 Å². The van der Waals surface area contributed by atoms with E-state index in [2.05, 4.69) is 9.97 Å². The molecule has 1 fully saturated rings. The SMILES string of the molecule is CN(C)c1cncc(OC2CCN(S(=O)(=O)c3ccc([N+](=O)[O-])cc3)C2)n1. The Kier molecular flexibility index (Phi) is 5.24. The molecule has 1 aromatic heterocycles. The first-order chi connectivity index (χ1) is 12.8. The molecule has 0 saturated carbocycles. The van der Waals surface area contributed by atoms with E-state index in [-0.39, 0.29) is 23.2 Å². The van der Waals surface area contributed by atoms with Gasteiger partial charge < -0.3 is 9.64 Å². The third kappa shape index (κ3) is 4.14. The Morgan fingerprint density at radius 1 is 1.26 bits per heavy atom. The maximum absolute atomic E-state index is 12.7. The van der Waals surface area contributed by atoms with Crippen LogP contribution in [0.5, 0.6) is 5.88 Å². The molecule has 2 heterocycles. The van der Waals surface area contributed by atoms with Crippen LogP contribution in [0.2, 0.25) is 0 Å². The molecule has 10 nitrogen and oxygen atoms in total. The van der Waals surface area contributed by atoms with Crippen LogP contribution in [0.15, 0.2) is 41.6 Å². The molecule has 1 aliphatic rings. The van der Waals surface area contributed by atoms with Crippen molar-refractivity contribution in [3.8, 4) is 5.88 Å². The number of sulfonamides is 1. The first kappa shape index (κ1) is 19.0. The highest BCUT2D eigenvalue weighted by atomic mass is 32.2. The van der Waals surface area contributed by atoms with E-state index in [1.807, 2.05) is 14.1 Å². The third-order valence-corrected chi connectivity index (χ3v) is 6.02. The van der Waals surface area contributed by atoms with Gasteiger partial charge in [-0.2, -0.15) is 9.29 Å². The minimum Gasteiger partial charge on any atom is -0.472 e. The summed E-state index contributed by atoms with van der Waals surface area (Å²) in [7, 11) is -0.0711. The molecule has 0 amide bonds. The smallest absolute Gasteiger partial charge is 0.269 e. The zero-order chi connectivity index (χ0) is 19.6. The van der Waals surface area contributed by atoms with Crippen molar-refractivity contribution in [2.24, 2.45) is 0 Å². The zero-order valence-corrected chi connectivity index (χ0v) is 15.7. The molecule has 0 bridgehead atoms. The summed E-state index contributed by atoms with van der Waals surface area (Å²) in [5.74, 6) is 0.974. The van der Waals surface area contributed by atoms with Crippen LogP contribution in [0.4, 0.5) is 11.5 Å². The number of rotatable bonds is 6. The number of nitrogens with zero attached hydrogens (tertiary/aromatic N) is 5. The molecule has 11 heteroatoms. The molecular formula is C16H19N5O5S. The van der Waals surface area contributed by atoms with E-state index in [9.17, 15) is 18.5 Å². The largest absolute Gasteiger partial charge is 0.472 e. The molecule has 1 saturated heterocycles. The molecule has 0 N–H and O–H groups in total. The van der Waals surface area contributed by atoms with Crippen molar-refractivity contribution in [1.29, 1.82) is 0 Å². The number of nitro groups is 1. The van der Waals surface area contributed by atoms with Gasteiger partial charge in [-0.25, -0.2) is 8.42 Å². The van der Waals surface area contributed by atoms with Crippen molar-refractivity contribution in [3.63, 3.8) is 0 Å². The van der Waals surface area contributed by atoms with Crippen LogP contribution in [0.25, 0.3) is 0 Å². The number of non-ortho nitro benzene ring substituents is 1. The van der Waals surface area contributed by atoms with Crippen LogP contribution in [0, 0.1) is 10.1 Å². The van der Waals surface area contributed by atoms with E-state index >= 15 is 0 Å². The summed E-state index contributed by atoms with van der Waals surface area (Å²) in [6.07, 6.45) is 3.26. The van der Waals surface area contributed by atoms with E-state index in [0.29, 0.717) is 24.7 Å². The van der Waals surface area contributed by atoms with Crippen LogP contribution in [-0.4, -0.2) is 60.9 Å². The lowest BCUT2D eigenvalue weighted by Crippen LogP contribution is -2.31. The second kappa shape index (κ2) is 7.45. The predicted octanol–water partition coefficient (Wildman–Crippen LogP) is 1.29. The van der Waals surface area contributed by atoms with Gasteiger partial charge in [-0.1, -0.05) is 0 Å². The summed E-state index contributed by atoms with van der Waals surface area (Å²) in [6, 6.07) is 4.85. The van der Waals surface area contributed by atoms with Gasteiger partial charge in [0.2, 0.25) is 15.9 Å². The molecule has 0 aliphatic carbocycles. The van der Waals surface area contributed by atoms with Gasteiger partial charge in [0.15, 0.2) is 5.82 Å². The molecule has 0 spiro atoms. The molecule has 144 valence electrons. The van der Waals surface area contributed by atoms with Crippen LogP contribution in [0.3, 0.4) is 0 Å². The Morgan fingerprint density at radius 3 is 2.59 bits per heavy atom. The zero-order valence-electron chi connectivity index (χ0n) is 14.8. The second-order valence-electron chi connectivity index (χ2n) is 6.25. The molecule has 2 aromatic rings. The summed E-state index contributed by atoms with van der Waals surface area (Å²) in [5.41, 5.74) is -0.157. The molecule has 1 unspecified atom stereocenters. The summed E-state index contributed by atoms with van der Waals surface area (Å²) in [5, 5.41) is 10.7. The number of ether oxygens (including phenoxy) is 1. The van der Waals surface area contributed by atoms with Crippen molar-refractivity contribution in [2.75, 3.05) is 32.1 Å². The molecule has 27 heavy (non-hydrogen) atoms. The second-order valence-corrected chi connectivity index (χ2v) is 8.19. The lowest BCUT2D eigenvalue weighted by atomic mass is 10.3. The van der Waals surface area contributed by atoms with Crippen molar-refractivity contribution in [2.45, 2.75) is 17.4 Å². The van der Waals surface area contributed by atoms with E-state index in [1.54, 1.807) is 11.1 Å². The number of aromatic nitrogens is 2. The fourth-order valence-electron chi connectivity index (χ4n) is 2.68. The number of benzene rings is 1. The van der Waals surface area contributed by atoms with Gasteiger partial charge >= 0.3 is 0 Å². The van der Waals surface area contributed by atoms with Gasteiger partial charge in [-0.15, -0.1) is 0 Å². The highest BCUT2D eigenvalue weighted by Gasteiger charge is 2.34. The first-order valence-electron chi connectivity index (χ1n) is 8.18. The van der Waals surface area contributed by atoms with E-state index in [1.165, 1.54) is 34.8 Å². The van der Waals surface area contributed by atoms with Gasteiger partial charge in [-0.3, -0.25) is 15.1 Å². The lowest BCUT2D eigenvalue weighted by molar-refractivity contribution is -0.384. The first-order valence-corrected chi connectivity index (χ1v) is 9.62. The molecular weight excluding hydrogens is 374 g/mol. The van der Waals surface area contributed by atoms with Gasteiger partial charge in [0.05, 0.1) is 28.8 Å². The summed E-state index contributed by atoms with van der Waals surface area (Å²) in [6.45, 7) is 0.470. The molecule has 1 atom stereocenters. The molecule has 0 radical (unpaired) electrons. The van der Waals surface area contributed by atoms with Gasteiger partial charge in [-0.05, 0) is 18.6 Å². The summed E-state index contributed by atoms with van der Waals surface area (Å²) in [4.78, 5) is 20.3. The number of anilines is 1. The van der Waals surface area contributed by atoms with Crippen molar-refractivity contribution in [3.05, 3.63) is 46.8 Å². The van der Waals surface area contributed by atoms with Crippen LogP contribution in [0.1, 0.15) is 6.42 Å². The molecule has 1 aliphatic heterocycles. The lowest BCUT2D eigenvalue weighted by Gasteiger charge is -2.17. The summed E-state index contributed by atoms with van der Waals surface area (Å²) >= 11 is 0. The van der Waals surface area contributed by atoms with E-state index < -0.39 is 14.9 Å². The average molecular weight is 393 g/mol. The van der Waals surface area contributed by atoms with Crippen LogP contribution < -0.4 is 9.64 Å². The highest BCUT2D eigenvalue weighted by Crippen LogP contribution is 2.25. The minimum atomic E-state index is -3.74. The Balaban J connectivity index is 1.69. The molecule has 3 rings (SSSR count). The Hall–Kier alpha value is -2.79.